The summed E-state index contributed by atoms with van der Waals surface area (Å²) in [5.41, 5.74) is 1.87. The Balaban J connectivity index is 1.97. The van der Waals surface area contributed by atoms with E-state index in [9.17, 15) is 9.59 Å². The lowest BCUT2D eigenvalue weighted by atomic mass is 10.0. The Bertz CT molecular complexity index is 1010. The zero-order valence-electron chi connectivity index (χ0n) is 15.5. The van der Waals surface area contributed by atoms with Crippen LogP contribution >= 0.6 is 22.9 Å². The summed E-state index contributed by atoms with van der Waals surface area (Å²) in [4.78, 5) is 26.0. The van der Waals surface area contributed by atoms with E-state index >= 15 is 0 Å². The molecule has 28 heavy (non-hydrogen) atoms. The van der Waals surface area contributed by atoms with Crippen molar-refractivity contribution in [3.63, 3.8) is 0 Å². The molecule has 2 heterocycles. The highest BCUT2D eigenvalue weighted by Gasteiger charge is 2.25. The van der Waals surface area contributed by atoms with Crippen molar-refractivity contribution in [1.82, 2.24) is 20.2 Å². The monoisotopic (exact) mass is 419 g/mol. The molecule has 0 aliphatic rings. The fraction of sp³-hybridized carbons (Fsp3) is 0.278. The molecule has 0 aliphatic heterocycles. The standard InChI is InChI=1S/C18H18ClN5O3S/c1-4-27-18(26)16-15(11-5-7-12(19)8-6-11)10(2)28-17(16)20-14(25)9-13-21-22-23-24(13)3/h5-8H,4,9H2,1-3H3,(H,20,25). The van der Waals surface area contributed by atoms with E-state index in [-0.39, 0.29) is 18.9 Å². The number of esters is 1. The smallest absolute Gasteiger partial charge is 0.341 e. The van der Waals surface area contributed by atoms with Crippen LogP contribution < -0.4 is 5.32 Å². The summed E-state index contributed by atoms with van der Waals surface area (Å²) in [6, 6.07) is 7.17. The average molecular weight is 420 g/mol. The second-order valence-electron chi connectivity index (χ2n) is 5.91. The number of tetrazole rings is 1. The molecular weight excluding hydrogens is 402 g/mol. The number of nitrogens with zero attached hydrogens (tertiary/aromatic N) is 4. The van der Waals surface area contributed by atoms with E-state index < -0.39 is 5.97 Å². The zero-order chi connectivity index (χ0) is 20.3. The number of aromatic nitrogens is 4. The molecule has 3 rings (SSSR count). The molecule has 8 nitrogen and oxygen atoms in total. The number of carbonyl (C=O) groups excluding carboxylic acids is 2. The van der Waals surface area contributed by atoms with Crippen LogP contribution in [0.1, 0.15) is 28.0 Å². The van der Waals surface area contributed by atoms with Crippen molar-refractivity contribution in [3.8, 4) is 11.1 Å². The third-order valence-corrected chi connectivity index (χ3v) is 5.25. The Kier molecular flexibility index (Phi) is 6.05. The predicted molar refractivity (Wildman–Crippen MR) is 107 cm³/mol. The van der Waals surface area contributed by atoms with Gasteiger partial charge in [0.1, 0.15) is 10.6 Å². The van der Waals surface area contributed by atoms with Crippen molar-refractivity contribution in [1.29, 1.82) is 0 Å². The van der Waals surface area contributed by atoms with Crippen LogP contribution in [0.25, 0.3) is 11.1 Å². The molecule has 0 saturated carbocycles. The van der Waals surface area contributed by atoms with Gasteiger partial charge in [0.2, 0.25) is 5.91 Å². The summed E-state index contributed by atoms with van der Waals surface area (Å²) in [5, 5.41) is 14.9. The lowest BCUT2D eigenvalue weighted by molar-refractivity contribution is -0.115. The minimum atomic E-state index is -0.493. The van der Waals surface area contributed by atoms with E-state index in [1.54, 1.807) is 26.1 Å². The molecule has 0 aliphatic carbocycles. The van der Waals surface area contributed by atoms with Crippen LogP contribution in [0.2, 0.25) is 5.02 Å². The largest absolute Gasteiger partial charge is 0.462 e. The normalized spacial score (nSPS) is 10.7. The van der Waals surface area contributed by atoms with E-state index in [1.165, 1.54) is 16.0 Å². The maximum atomic E-state index is 12.7. The minimum absolute atomic E-state index is 0.0149. The van der Waals surface area contributed by atoms with E-state index in [2.05, 4.69) is 20.8 Å². The van der Waals surface area contributed by atoms with Crippen molar-refractivity contribution in [3.05, 3.63) is 45.6 Å². The van der Waals surface area contributed by atoms with Gasteiger partial charge in [-0.3, -0.25) is 4.79 Å². The fourth-order valence-corrected chi connectivity index (χ4v) is 3.91. The summed E-state index contributed by atoms with van der Waals surface area (Å²) in [7, 11) is 1.65. The molecule has 0 saturated heterocycles. The highest BCUT2D eigenvalue weighted by molar-refractivity contribution is 7.17. The second-order valence-corrected chi connectivity index (χ2v) is 7.57. The number of ether oxygens (including phenoxy) is 1. The van der Waals surface area contributed by atoms with Crippen LogP contribution in [0, 0.1) is 6.92 Å². The molecule has 0 unspecified atom stereocenters. The fourth-order valence-electron chi connectivity index (χ4n) is 2.71. The topological polar surface area (TPSA) is 99.0 Å². The molecule has 10 heteroatoms. The molecule has 0 bridgehead atoms. The number of hydrogen-bond donors (Lipinski definition) is 1. The SMILES string of the molecule is CCOC(=O)c1c(NC(=O)Cc2nnnn2C)sc(C)c1-c1ccc(Cl)cc1. The second kappa shape index (κ2) is 8.49. The van der Waals surface area contributed by atoms with Gasteiger partial charge in [-0.2, -0.15) is 0 Å². The number of thiophene rings is 1. The van der Waals surface area contributed by atoms with Gasteiger partial charge in [0.05, 0.1) is 13.0 Å². The maximum absolute atomic E-state index is 12.7. The van der Waals surface area contributed by atoms with Gasteiger partial charge in [0.25, 0.3) is 0 Å². The lowest BCUT2D eigenvalue weighted by Gasteiger charge is -2.09. The lowest BCUT2D eigenvalue weighted by Crippen LogP contribution is -2.18. The van der Waals surface area contributed by atoms with Crippen molar-refractivity contribution in [2.45, 2.75) is 20.3 Å². The first-order valence-corrected chi connectivity index (χ1v) is 9.67. The van der Waals surface area contributed by atoms with Crippen molar-refractivity contribution in [2.24, 2.45) is 7.05 Å². The molecule has 2 aromatic heterocycles. The van der Waals surface area contributed by atoms with Crippen molar-refractivity contribution in [2.75, 3.05) is 11.9 Å². The third-order valence-electron chi connectivity index (χ3n) is 3.98. The van der Waals surface area contributed by atoms with Crippen LogP contribution in [0.4, 0.5) is 5.00 Å². The number of hydrogen-bond acceptors (Lipinski definition) is 7. The maximum Gasteiger partial charge on any atom is 0.341 e. The summed E-state index contributed by atoms with van der Waals surface area (Å²) in [5.74, 6) is -0.402. The van der Waals surface area contributed by atoms with Crippen LogP contribution in [0.3, 0.4) is 0 Å². The number of anilines is 1. The van der Waals surface area contributed by atoms with E-state index in [1.807, 2.05) is 19.1 Å². The first kappa shape index (κ1) is 20.0. The van der Waals surface area contributed by atoms with Gasteiger partial charge < -0.3 is 10.1 Å². The minimum Gasteiger partial charge on any atom is -0.462 e. The molecular formula is C18H18ClN5O3S. The van der Waals surface area contributed by atoms with Gasteiger partial charge in [-0.1, -0.05) is 23.7 Å². The van der Waals surface area contributed by atoms with Crippen LogP contribution in [0.5, 0.6) is 0 Å². The molecule has 0 fully saturated rings. The van der Waals surface area contributed by atoms with Gasteiger partial charge in [0, 0.05) is 22.5 Å². The number of aryl methyl sites for hydroxylation is 2. The Morgan fingerprint density at radius 1 is 1.29 bits per heavy atom. The van der Waals surface area contributed by atoms with Gasteiger partial charge >= 0.3 is 5.97 Å². The van der Waals surface area contributed by atoms with E-state index in [0.29, 0.717) is 21.4 Å². The third kappa shape index (κ3) is 4.20. The highest BCUT2D eigenvalue weighted by atomic mass is 35.5. The molecule has 0 radical (unpaired) electrons. The first-order valence-electron chi connectivity index (χ1n) is 8.48. The Labute approximate surface area is 170 Å². The van der Waals surface area contributed by atoms with Gasteiger partial charge in [-0.25, -0.2) is 9.48 Å². The number of rotatable bonds is 6. The number of amides is 1. The number of nitrogens with one attached hydrogen (secondary N) is 1. The molecule has 3 aromatic rings. The summed E-state index contributed by atoms with van der Waals surface area (Å²) in [6.07, 6.45) is -0.0149. The summed E-state index contributed by atoms with van der Waals surface area (Å²) >= 11 is 7.30. The molecule has 1 amide bonds. The molecule has 1 N–H and O–H groups in total. The Morgan fingerprint density at radius 2 is 2.00 bits per heavy atom. The molecule has 0 spiro atoms. The van der Waals surface area contributed by atoms with Crippen LogP contribution in [-0.2, 0) is 23.0 Å². The van der Waals surface area contributed by atoms with Crippen LogP contribution in [0.15, 0.2) is 24.3 Å². The molecule has 146 valence electrons. The van der Waals surface area contributed by atoms with Gasteiger partial charge in [-0.05, 0) is 42.0 Å². The predicted octanol–water partition coefficient (Wildman–Crippen LogP) is 3.26. The Morgan fingerprint density at radius 3 is 2.61 bits per heavy atom. The van der Waals surface area contributed by atoms with Gasteiger partial charge in [-0.15, -0.1) is 16.4 Å². The van der Waals surface area contributed by atoms with Gasteiger partial charge in [0.15, 0.2) is 5.82 Å². The summed E-state index contributed by atoms with van der Waals surface area (Å²) in [6.45, 7) is 3.85. The molecule has 0 atom stereocenters. The van der Waals surface area contributed by atoms with E-state index in [4.69, 9.17) is 16.3 Å². The zero-order valence-corrected chi connectivity index (χ0v) is 17.1. The first-order chi connectivity index (χ1) is 13.4. The van der Waals surface area contributed by atoms with E-state index in [0.717, 1.165) is 16.0 Å². The summed E-state index contributed by atoms with van der Waals surface area (Å²) < 4.78 is 6.65. The quantitative estimate of drug-likeness (QED) is 0.615. The number of carbonyl (C=O) groups is 2. The number of halogens is 1. The van der Waals surface area contributed by atoms with Crippen molar-refractivity contribution >= 4 is 39.8 Å². The molecule has 1 aromatic carbocycles. The van der Waals surface area contributed by atoms with Crippen LogP contribution in [-0.4, -0.2) is 38.7 Å². The number of benzene rings is 1. The average Bonchev–Trinajstić information content (AvgIpc) is 3.19. The highest BCUT2D eigenvalue weighted by Crippen LogP contribution is 2.40. The Hall–Kier alpha value is -2.78. The van der Waals surface area contributed by atoms with Crippen molar-refractivity contribution < 1.29 is 14.3 Å².